The Balaban J connectivity index is 3.06. The third-order valence-corrected chi connectivity index (χ3v) is 2.63. The first-order valence-corrected chi connectivity index (χ1v) is 6.56. The molecule has 0 spiro atoms. The van der Waals surface area contributed by atoms with Gasteiger partial charge >= 0.3 is 83.0 Å². The molecule has 0 atom stereocenters. The van der Waals surface area contributed by atoms with Crippen molar-refractivity contribution in [2.45, 2.75) is 5.71 Å². The SMILES string of the molecule is C[As]c1n[c]([Al])n[c]([Al+])n1. The number of hydrogen-bond acceptors (Lipinski definition) is 3. The number of hydrogen-bond donors (Lipinski definition) is 0. The fraction of sp³-hybridized carbons (Fsp3) is 0.250. The van der Waals surface area contributed by atoms with Gasteiger partial charge in [0.15, 0.2) is 0 Å². The van der Waals surface area contributed by atoms with E-state index < -0.39 is 0 Å². The van der Waals surface area contributed by atoms with Crippen LogP contribution in [0.15, 0.2) is 0 Å². The van der Waals surface area contributed by atoms with E-state index in [1.807, 2.05) is 0 Å². The van der Waals surface area contributed by atoms with Gasteiger partial charge in [-0.05, 0) is 0 Å². The molecule has 1 rings (SSSR count). The topological polar surface area (TPSA) is 38.7 Å². The molecular formula is C4H3Al2AsN3+. The molecule has 1 aromatic heterocycles. The summed E-state index contributed by atoms with van der Waals surface area (Å²) in [4.78, 5) is 12.2. The van der Waals surface area contributed by atoms with Gasteiger partial charge in [0, 0.05) is 0 Å². The van der Waals surface area contributed by atoms with Crippen molar-refractivity contribution in [1.29, 1.82) is 0 Å². The fourth-order valence-electron chi connectivity index (χ4n) is 0.497. The Morgan fingerprint density at radius 1 is 1.40 bits per heavy atom. The van der Waals surface area contributed by atoms with Crippen LogP contribution in [0.25, 0.3) is 0 Å². The van der Waals surface area contributed by atoms with E-state index in [0.717, 1.165) is 14.0 Å². The average Bonchev–Trinajstić information content (AvgIpc) is 1.85. The van der Waals surface area contributed by atoms with Crippen molar-refractivity contribution in [1.82, 2.24) is 15.0 Å². The number of aromatic nitrogens is 3. The summed E-state index contributed by atoms with van der Waals surface area (Å²) in [5.41, 5.74) is 2.11. The quantitative estimate of drug-likeness (QED) is 0.471. The van der Waals surface area contributed by atoms with Crippen LogP contribution in [0.1, 0.15) is 0 Å². The summed E-state index contributed by atoms with van der Waals surface area (Å²) in [5, 5.41) is 0. The molecule has 0 saturated heterocycles. The van der Waals surface area contributed by atoms with Crippen LogP contribution in [0.4, 0.5) is 0 Å². The van der Waals surface area contributed by atoms with E-state index >= 15 is 0 Å². The monoisotopic (exact) mass is 222 g/mol. The summed E-state index contributed by atoms with van der Waals surface area (Å²) < 4.78 is 2.39. The Morgan fingerprint density at radius 2 is 2.10 bits per heavy atom. The van der Waals surface area contributed by atoms with Crippen LogP contribution in [0.3, 0.4) is 0 Å². The maximum atomic E-state index is 4.12. The number of rotatable bonds is 1. The Bertz CT molecular complexity index is 222. The zero-order valence-corrected chi connectivity index (χ0v) is 9.63. The van der Waals surface area contributed by atoms with Crippen molar-refractivity contribution in [2.75, 3.05) is 0 Å². The Morgan fingerprint density at radius 3 is 2.60 bits per heavy atom. The van der Waals surface area contributed by atoms with Gasteiger partial charge in [0.25, 0.3) is 0 Å². The molecule has 6 heteroatoms. The van der Waals surface area contributed by atoms with Crippen molar-refractivity contribution in [3.05, 3.63) is 0 Å². The van der Waals surface area contributed by atoms with E-state index in [1.54, 1.807) is 0 Å². The van der Waals surface area contributed by atoms with Crippen molar-refractivity contribution in [3.63, 3.8) is 0 Å². The number of nitrogens with zero attached hydrogens (tertiary/aromatic N) is 3. The normalized spacial score (nSPS) is 10.8. The molecule has 44 valence electrons. The molecule has 0 aromatic carbocycles. The van der Waals surface area contributed by atoms with E-state index in [1.165, 1.54) is 0 Å². The standard InChI is InChI=1S/C4H3AsN3.2Al/c1-5-4-7-2-6-3-8-4;;/h1H3;;/q;;+1. The zero-order valence-electron chi connectivity index (χ0n) is 5.44. The fourth-order valence-corrected chi connectivity index (χ4v) is 2.48. The van der Waals surface area contributed by atoms with E-state index in [-0.39, 0.29) is 15.8 Å². The van der Waals surface area contributed by atoms with Gasteiger partial charge in [-0.3, -0.25) is 0 Å². The van der Waals surface area contributed by atoms with Crippen LogP contribution >= 0.6 is 0 Å². The summed E-state index contributed by atoms with van der Waals surface area (Å²) in [6.45, 7) is 0. The molecule has 0 aliphatic rings. The zero-order chi connectivity index (χ0) is 7.56. The molecule has 10 heavy (non-hydrogen) atoms. The van der Waals surface area contributed by atoms with Gasteiger partial charge in [-0.2, -0.15) is 0 Å². The molecule has 0 aliphatic carbocycles. The molecular weight excluding hydrogens is 219 g/mol. The molecule has 0 unspecified atom stereocenters. The summed E-state index contributed by atoms with van der Waals surface area (Å²) in [6, 6.07) is 0. The predicted octanol–water partition coefficient (Wildman–Crippen LogP) is -3.16. The minimum absolute atomic E-state index is 0.115. The first-order valence-electron chi connectivity index (χ1n) is 2.59. The van der Waals surface area contributed by atoms with Gasteiger partial charge in [0.05, 0.1) is 0 Å². The molecule has 1 heterocycles. The summed E-state index contributed by atoms with van der Waals surface area (Å²) in [5.74, 6) is 0. The van der Waals surface area contributed by atoms with Gasteiger partial charge < -0.3 is 0 Å². The molecule has 4 radical (unpaired) electrons. The van der Waals surface area contributed by atoms with Crippen LogP contribution in [-0.2, 0) is 0 Å². The van der Waals surface area contributed by atoms with Gasteiger partial charge in [-0.1, -0.05) is 0 Å². The van der Waals surface area contributed by atoms with E-state index in [2.05, 4.69) is 53.2 Å². The van der Waals surface area contributed by atoms with Gasteiger partial charge in [-0.15, -0.1) is 0 Å². The minimum atomic E-state index is 0.115. The van der Waals surface area contributed by atoms with Gasteiger partial charge in [0.1, 0.15) is 0 Å². The molecule has 3 nitrogen and oxygen atoms in total. The van der Waals surface area contributed by atoms with Crippen LogP contribution < -0.4 is 14.0 Å². The Hall–Kier alpha value is 0.633. The first kappa shape index (κ1) is 8.73. The average molecular weight is 222 g/mol. The second-order valence-corrected chi connectivity index (χ2v) is 4.39. The van der Waals surface area contributed by atoms with E-state index in [9.17, 15) is 0 Å². The Labute approximate surface area is 82.6 Å². The van der Waals surface area contributed by atoms with Crippen molar-refractivity contribution < 1.29 is 0 Å². The predicted molar refractivity (Wildman–Crippen MR) is 41.9 cm³/mol. The molecule has 0 fully saturated rings. The first-order chi connectivity index (χ1) is 4.72. The third kappa shape index (κ3) is 2.35. The summed E-state index contributed by atoms with van der Waals surface area (Å²) in [7, 11) is 0. The molecule has 0 N–H and O–H groups in total. The van der Waals surface area contributed by atoms with Crippen molar-refractivity contribution >= 4 is 62.3 Å². The summed E-state index contributed by atoms with van der Waals surface area (Å²) in [6.07, 6.45) is 0. The molecule has 1 aromatic rings. The molecule has 0 bridgehead atoms. The molecule has 0 saturated carbocycles. The van der Waals surface area contributed by atoms with Crippen LogP contribution in [0, 0.1) is 0 Å². The maximum absolute atomic E-state index is 4.12. The van der Waals surface area contributed by atoms with Crippen LogP contribution in [-0.4, -0.2) is 63.3 Å². The second kappa shape index (κ2) is 3.86. The van der Waals surface area contributed by atoms with Crippen LogP contribution in [0.2, 0.25) is 5.71 Å². The van der Waals surface area contributed by atoms with Crippen molar-refractivity contribution in [3.8, 4) is 0 Å². The van der Waals surface area contributed by atoms with Crippen LogP contribution in [0.5, 0.6) is 0 Å². The molecule has 0 amide bonds. The van der Waals surface area contributed by atoms with E-state index in [0.29, 0.717) is 0 Å². The van der Waals surface area contributed by atoms with Gasteiger partial charge in [-0.25, -0.2) is 0 Å². The Kier molecular flexibility index (Phi) is 3.37. The molecule has 0 aliphatic heterocycles. The van der Waals surface area contributed by atoms with Crippen molar-refractivity contribution in [2.24, 2.45) is 0 Å². The summed E-state index contributed by atoms with van der Waals surface area (Å²) >= 11 is 5.05. The van der Waals surface area contributed by atoms with Gasteiger partial charge in [0.2, 0.25) is 0 Å². The third-order valence-electron chi connectivity index (χ3n) is 0.858. The second-order valence-electron chi connectivity index (χ2n) is 1.58. The van der Waals surface area contributed by atoms with E-state index in [4.69, 9.17) is 0 Å².